The first-order valence-corrected chi connectivity index (χ1v) is 4.77. The van der Waals surface area contributed by atoms with Gasteiger partial charge in [-0.3, -0.25) is 0 Å². The van der Waals surface area contributed by atoms with Gasteiger partial charge in [0.05, 0.1) is 6.61 Å². The van der Waals surface area contributed by atoms with Gasteiger partial charge in [0.25, 0.3) is 0 Å². The number of rotatable bonds is 2. The molecule has 6 heteroatoms. The molecule has 0 aromatic heterocycles. The summed E-state index contributed by atoms with van der Waals surface area (Å²) in [5.41, 5.74) is -3.16. The maximum atomic E-state index is 12.6. The van der Waals surface area contributed by atoms with Crippen molar-refractivity contribution in [2.24, 2.45) is 0 Å². The van der Waals surface area contributed by atoms with Crippen LogP contribution in [0.4, 0.5) is 13.2 Å². The number of aryl methyl sites for hydroxylation is 1. The molecule has 1 aromatic carbocycles. The molecule has 0 aliphatic rings. The summed E-state index contributed by atoms with van der Waals surface area (Å²) < 4.78 is 37.7. The fraction of sp³-hybridized carbons (Fsp3) is 0.400. The summed E-state index contributed by atoms with van der Waals surface area (Å²) in [4.78, 5) is 0. The Bertz CT molecular complexity index is 392. The average molecular weight is 255 g/mol. The molecule has 0 saturated heterocycles. The van der Waals surface area contributed by atoms with E-state index in [1.165, 1.54) is 6.07 Å². The molecular formula is C10H10ClF3O2. The van der Waals surface area contributed by atoms with Crippen LogP contribution in [0.3, 0.4) is 0 Å². The molecule has 16 heavy (non-hydrogen) atoms. The van der Waals surface area contributed by atoms with Gasteiger partial charge in [-0.2, -0.15) is 13.2 Å². The highest BCUT2D eigenvalue weighted by molar-refractivity contribution is 6.31. The van der Waals surface area contributed by atoms with E-state index in [0.717, 1.165) is 12.1 Å². The van der Waals surface area contributed by atoms with Crippen LogP contribution in [0.1, 0.15) is 11.1 Å². The van der Waals surface area contributed by atoms with Gasteiger partial charge < -0.3 is 10.2 Å². The first-order valence-electron chi connectivity index (χ1n) is 4.39. The minimum absolute atomic E-state index is 0.105. The van der Waals surface area contributed by atoms with E-state index in [-0.39, 0.29) is 5.02 Å². The molecule has 1 rings (SSSR count). The van der Waals surface area contributed by atoms with Crippen LogP contribution >= 0.6 is 11.6 Å². The number of aliphatic hydroxyl groups excluding tert-OH is 1. The largest absolute Gasteiger partial charge is 0.423 e. The van der Waals surface area contributed by atoms with Gasteiger partial charge in [0.1, 0.15) is 0 Å². The zero-order valence-electron chi connectivity index (χ0n) is 8.35. The first kappa shape index (κ1) is 13.3. The van der Waals surface area contributed by atoms with Crippen molar-refractivity contribution in [3.8, 4) is 0 Å². The molecule has 0 amide bonds. The van der Waals surface area contributed by atoms with Gasteiger partial charge in [0, 0.05) is 5.02 Å². The van der Waals surface area contributed by atoms with Crippen LogP contribution in [0.25, 0.3) is 0 Å². The molecule has 0 bridgehead atoms. The third-order valence-corrected chi connectivity index (χ3v) is 2.75. The van der Waals surface area contributed by atoms with Crippen molar-refractivity contribution in [2.45, 2.75) is 18.7 Å². The van der Waals surface area contributed by atoms with Crippen LogP contribution in [0.5, 0.6) is 0 Å². The maximum Gasteiger partial charge on any atom is 0.423 e. The van der Waals surface area contributed by atoms with Gasteiger partial charge in [-0.05, 0) is 24.1 Å². The molecule has 1 unspecified atom stereocenters. The molecule has 0 heterocycles. The van der Waals surface area contributed by atoms with Crippen molar-refractivity contribution >= 4 is 11.6 Å². The molecule has 1 aromatic rings. The van der Waals surface area contributed by atoms with Crippen LogP contribution in [0.2, 0.25) is 5.02 Å². The standard InChI is InChI=1S/C10H10ClF3O2/c1-6-2-3-7(4-8(6)11)9(16,5-15)10(12,13)14/h2-4,15-16H,5H2,1H3. The lowest BCUT2D eigenvalue weighted by molar-refractivity contribution is -0.277. The summed E-state index contributed by atoms with van der Waals surface area (Å²) in [5, 5.41) is 18.2. The van der Waals surface area contributed by atoms with E-state index in [4.69, 9.17) is 16.7 Å². The summed E-state index contributed by atoms with van der Waals surface area (Å²) in [6.45, 7) is 0.174. The molecule has 0 saturated carbocycles. The average Bonchev–Trinajstić information content (AvgIpc) is 2.19. The van der Waals surface area contributed by atoms with Crippen LogP contribution in [0, 0.1) is 6.92 Å². The molecule has 0 aliphatic heterocycles. The Morgan fingerprint density at radius 3 is 2.25 bits per heavy atom. The van der Waals surface area contributed by atoms with Crippen molar-refractivity contribution in [1.82, 2.24) is 0 Å². The van der Waals surface area contributed by atoms with Crippen LogP contribution in [-0.4, -0.2) is 23.0 Å². The summed E-state index contributed by atoms with van der Waals surface area (Å²) in [6, 6.07) is 3.44. The Morgan fingerprint density at radius 1 is 1.31 bits per heavy atom. The van der Waals surface area contributed by atoms with Crippen LogP contribution < -0.4 is 0 Å². The third kappa shape index (κ3) is 2.16. The normalized spacial score (nSPS) is 15.9. The maximum absolute atomic E-state index is 12.6. The van der Waals surface area contributed by atoms with E-state index in [9.17, 15) is 18.3 Å². The predicted molar refractivity (Wildman–Crippen MR) is 53.2 cm³/mol. The summed E-state index contributed by atoms with van der Waals surface area (Å²) in [7, 11) is 0. The van der Waals surface area contributed by atoms with Crippen molar-refractivity contribution in [1.29, 1.82) is 0 Å². The van der Waals surface area contributed by atoms with Crippen molar-refractivity contribution in [2.75, 3.05) is 6.61 Å². The molecule has 2 N–H and O–H groups in total. The van der Waals surface area contributed by atoms with Gasteiger partial charge >= 0.3 is 6.18 Å². The molecule has 2 nitrogen and oxygen atoms in total. The van der Waals surface area contributed by atoms with Gasteiger partial charge in [-0.25, -0.2) is 0 Å². The van der Waals surface area contributed by atoms with Gasteiger partial charge in [0.15, 0.2) is 0 Å². The SMILES string of the molecule is Cc1ccc(C(O)(CO)C(F)(F)F)cc1Cl. The van der Waals surface area contributed by atoms with E-state index >= 15 is 0 Å². The molecular weight excluding hydrogens is 245 g/mol. The van der Waals surface area contributed by atoms with E-state index in [2.05, 4.69) is 0 Å². The number of hydrogen-bond acceptors (Lipinski definition) is 2. The predicted octanol–water partition coefficient (Wildman–Crippen LogP) is 2.39. The Hall–Kier alpha value is -0.780. The van der Waals surface area contributed by atoms with E-state index in [1.54, 1.807) is 6.92 Å². The summed E-state index contributed by atoms with van der Waals surface area (Å²) >= 11 is 5.67. The van der Waals surface area contributed by atoms with E-state index in [1.807, 2.05) is 0 Å². The second-order valence-electron chi connectivity index (χ2n) is 3.48. The summed E-state index contributed by atoms with van der Waals surface area (Å²) in [6.07, 6.45) is -4.96. The third-order valence-electron chi connectivity index (χ3n) is 2.35. The van der Waals surface area contributed by atoms with Gasteiger partial charge in [0.2, 0.25) is 5.60 Å². The van der Waals surface area contributed by atoms with Gasteiger partial charge in [-0.1, -0.05) is 23.7 Å². The number of alkyl halides is 3. The Morgan fingerprint density at radius 2 is 1.88 bits per heavy atom. The second kappa shape index (κ2) is 4.24. The highest BCUT2D eigenvalue weighted by Gasteiger charge is 2.54. The van der Waals surface area contributed by atoms with E-state index < -0.39 is 23.9 Å². The molecule has 0 spiro atoms. The molecule has 1 atom stereocenters. The fourth-order valence-electron chi connectivity index (χ4n) is 1.19. The monoisotopic (exact) mass is 254 g/mol. The molecule has 0 aliphatic carbocycles. The minimum Gasteiger partial charge on any atom is -0.393 e. The fourth-order valence-corrected chi connectivity index (χ4v) is 1.38. The van der Waals surface area contributed by atoms with Crippen LogP contribution in [-0.2, 0) is 5.60 Å². The Kier molecular flexibility index (Phi) is 3.52. The topological polar surface area (TPSA) is 40.5 Å². The number of halogens is 4. The highest BCUT2D eigenvalue weighted by atomic mass is 35.5. The van der Waals surface area contributed by atoms with Gasteiger partial charge in [-0.15, -0.1) is 0 Å². The quantitative estimate of drug-likeness (QED) is 0.851. The zero-order chi connectivity index (χ0) is 12.6. The van der Waals surface area contributed by atoms with Crippen molar-refractivity contribution < 1.29 is 23.4 Å². The highest BCUT2D eigenvalue weighted by Crippen LogP contribution is 2.39. The lowest BCUT2D eigenvalue weighted by Crippen LogP contribution is -2.45. The van der Waals surface area contributed by atoms with Crippen LogP contribution in [0.15, 0.2) is 18.2 Å². The number of benzene rings is 1. The zero-order valence-corrected chi connectivity index (χ0v) is 9.10. The number of aliphatic hydroxyl groups is 2. The Labute approximate surface area is 95.3 Å². The molecule has 0 radical (unpaired) electrons. The summed E-state index contributed by atoms with van der Waals surface area (Å²) in [5.74, 6) is 0. The molecule has 90 valence electrons. The van der Waals surface area contributed by atoms with Crippen molar-refractivity contribution in [3.63, 3.8) is 0 Å². The first-order chi connectivity index (χ1) is 7.22. The minimum atomic E-state index is -4.96. The lowest BCUT2D eigenvalue weighted by Gasteiger charge is -2.29. The van der Waals surface area contributed by atoms with Crippen molar-refractivity contribution in [3.05, 3.63) is 34.3 Å². The lowest BCUT2D eigenvalue weighted by atomic mass is 9.93. The van der Waals surface area contributed by atoms with E-state index in [0.29, 0.717) is 5.56 Å². The molecule has 0 fully saturated rings. The Balaban J connectivity index is 3.29. The second-order valence-corrected chi connectivity index (χ2v) is 3.89. The smallest absolute Gasteiger partial charge is 0.393 e. The number of hydrogen-bond donors (Lipinski definition) is 2.